The third-order valence-corrected chi connectivity index (χ3v) is 6.95. The average Bonchev–Trinajstić information content (AvgIpc) is 3.51. The molecular formula is C19H20N2O2S2. The number of nitrogens with one attached hydrogen (secondary N) is 1. The maximum Gasteiger partial charge on any atom is 0.258 e. The van der Waals surface area contributed by atoms with E-state index in [4.69, 9.17) is 4.74 Å². The Morgan fingerprint density at radius 3 is 2.84 bits per heavy atom. The van der Waals surface area contributed by atoms with Crippen molar-refractivity contribution in [3.8, 4) is 5.75 Å². The fourth-order valence-electron chi connectivity index (χ4n) is 3.61. The number of thiophene rings is 1. The molecule has 0 aliphatic heterocycles. The standard InChI is InChI=1S/C19H20N2O2S2/c1-10-20-18-15(25-10)8-14(13-6-7-24-19(13)18)23-9-16(22)21-17(11-2-3-11)12-4-5-12/h6-8,11-12,17H,2-5,9H2,1H3,(H,21,22). The van der Waals surface area contributed by atoms with Crippen LogP contribution < -0.4 is 10.1 Å². The Balaban J connectivity index is 1.34. The molecule has 130 valence electrons. The van der Waals surface area contributed by atoms with Gasteiger partial charge in [0.15, 0.2) is 6.61 Å². The summed E-state index contributed by atoms with van der Waals surface area (Å²) in [6.45, 7) is 2.11. The fourth-order valence-corrected chi connectivity index (χ4v) is 5.44. The molecule has 0 spiro atoms. The molecule has 2 heterocycles. The number of aromatic nitrogens is 1. The number of hydrogen-bond donors (Lipinski definition) is 1. The van der Waals surface area contributed by atoms with E-state index < -0.39 is 0 Å². The minimum atomic E-state index is 0.00719. The van der Waals surface area contributed by atoms with Gasteiger partial charge in [-0.1, -0.05) is 0 Å². The predicted octanol–water partition coefficient (Wildman–Crippen LogP) is 4.50. The molecule has 25 heavy (non-hydrogen) atoms. The molecule has 2 aliphatic carbocycles. The van der Waals surface area contributed by atoms with Crippen molar-refractivity contribution in [2.45, 2.75) is 38.6 Å². The molecule has 2 fully saturated rings. The van der Waals surface area contributed by atoms with E-state index in [0.29, 0.717) is 17.9 Å². The lowest BCUT2D eigenvalue weighted by Gasteiger charge is -2.18. The van der Waals surface area contributed by atoms with Crippen LogP contribution in [0.5, 0.6) is 5.75 Å². The number of carbonyl (C=O) groups is 1. The normalized spacial score (nSPS) is 17.5. The summed E-state index contributed by atoms with van der Waals surface area (Å²) >= 11 is 3.35. The van der Waals surface area contributed by atoms with Crippen LogP contribution in [0.25, 0.3) is 20.3 Å². The van der Waals surface area contributed by atoms with E-state index >= 15 is 0 Å². The van der Waals surface area contributed by atoms with Gasteiger partial charge in [-0.05, 0) is 55.9 Å². The molecule has 0 radical (unpaired) electrons. The zero-order valence-corrected chi connectivity index (χ0v) is 15.7. The molecule has 2 aromatic heterocycles. The van der Waals surface area contributed by atoms with Crippen molar-refractivity contribution >= 4 is 48.9 Å². The highest BCUT2D eigenvalue weighted by Crippen LogP contribution is 2.44. The van der Waals surface area contributed by atoms with Crippen molar-refractivity contribution in [1.82, 2.24) is 10.3 Å². The fraction of sp³-hybridized carbons (Fsp3) is 0.474. The van der Waals surface area contributed by atoms with Crippen LogP contribution in [0.2, 0.25) is 0 Å². The molecule has 1 N–H and O–H groups in total. The van der Waals surface area contributed by atoms with Gasteiger partial charge in [0.25, 0.3) is 5.91 Å². The lowest BCUT2D eigenvalue weighted by molar-refractivity contribution is -0.124. The number of carbonyl (C=O) groups excluding carboxylic acids is 1. The topological polar surface area (TPSA) is 51.2 Å². The average molecular weight is 373 g/mol. The highest BCUT2D eigenvalue weighted by atomic mass is 32.1. The second-order valence-corrected chi connectivity index (χ2v) is 9.33. The van der Waals surface area contributed by atoms with Crippen molar-refractivity contribution in [3.63, 3.8) is 0 Å². The van der Waals surface area contributed by atoms with Gasteiger partial charge in [0.2, 0.25) is 0 Å². The summed E-state index contributed by atoms with van der Waals surface area (Å²) in [5, 5.41) is 7.39. The first kappa shape index (κ1) is 15.6. The van der Waals surface area contributed by atoms with E-state index in [0.717, 1.165) is 31.1 Å². The summed E-state index contributed by atoms with van der Waals surface area (Å²) in [6.07, 6.45) is 5.05. The number of rotatable bonds is 6. The summed E-state index contributed by atoms with van der Waals surface area (Å²) < 4.78 is 8.20. The zero-order valence-electron chi connectivity index (χ0n) is 14.1. The Bertz CT molecular complexity index is 941. The first-order valence-corrected chi connectivity index (χ1v) is 10.6. The molecule has 6 heteroatoms. The van der Waals surface area contributed by atoms with Gasteiger partial charge in [0.1, 0.15) is 5.75 Å². The lowest BCUT2D eigenvalue weighted by Crippen LogP contribution is -2.40. The van der Waals surface area contributed by atoms with Crippen LogP contribution in [-0.2, 0) is 4.79 Å². The van der Waals surface area contributed by atoms with Gasteiger partial charge < -0.3 is 10.1 Å². The number of fused-ring (bicyclic) bond motifs is 3. The number of amides is 1. The third-order valence-electron chi connectivity index (χ3n) is 5.11. The number of ether oxygens (including phenoxy) is 1. The van der Waals surface area contributed by atoms with Gasteiger partial charge in [0.05, 0.1) is 19.9 Å². The maximum atomic E-state index is 12.4. The van der Waals surface area contributed by atoms with Gasteiger partial charge in [-0.2, -0.15) is 0 Å². The van der Waals surface area contributed by atoms with Crippen molar-refractivity contribution in [1.29, 1.82) is 0 Å². The molecule has 0 unspecified atom stereocenters. The van der Waals surface area contributed by atoms with Crippen LogP contribution in [0.15, 0.2) is 17.5 Å². The smallest absolute Gasteiger partial charge is 0.258 e. The quantitative estimate of drug-likeness (QED) is 0.693. The van der Waals surface area contributed by atoms with Crippen molar-refractivity contribution in [3.05, 3.63) is 22.5 Å². The Morgan fingerprint density at radius 2 is 2.12 bits per heavy atom. The summed E-state index contributed by atoms with van der Waals surface area (Å²) in [5.74, 6) is 2.21. The van der Waals surface area contributed by atoms with Crippen molar-refractivity contribution < 1.29 is 9.53 Å². The number of hydrogen-bond acceptors (Lipinski definition) is 5. The Labute approximate surface area is 154 Å². The minimum Gasteiger partial charge on any atom is -0.483 e. The largest absolute Gasteiger partial charge is 0.483 e. The molecule has 0 bridgehead atoms. The van der Waals surface area contributed by atoms with Crippen LogP contribution in [0, 0.1) is 18.8 Å². The molecule has 5 rings (SSSR count). The number of thiazole rings is 1. The van der Waals surface area contributed by atoms with E-state index in [1.807, 2.05) is 13.0 Å². The first-order chi connectivity index (χ1) is 12.2. The maximum absolute atomic E-state index is 12.4. The Morgan fingerprint density at radius 1 is 1.36 bits per heavy atom. The van der Waals surface area contributed by atoms with Gasteiger partial charge in [0, 0.05) is 17.5 Å². The van der Waals surface area contributed by atoms with Gasteiger partial charge in [-0.3, -0.25) is 4.79 Å². The SMILES string of the molecule is Cc1nc2c(cc(OCC(=O)NC(C3CC3)C3CC3)c3ccsc32)s1. The monoisotopic (exact) mass is 372 g/mol. The number of nitrogens with zero attached hydrogens (tertiary/aromatic N) is 1. The van der Waals surface area contributed by atoms with Crippen LogP contribution in [0.3, 0.4) is 0 Å². The highest BCUT2D eigenvalue weighted by Gasteiger charge is 2.42. The Kier molecular flexibility index (Phi) is 3.71. The van der Waals surface area contributed by atoms with Crippen molar-refractivity contribution in [2.24, 2.45) is 11.8 Å². The molecule has 3 aromatic rings. The summed E-state index contributed by atoms with van der Waals surface area (Å²) in [6, 6.07) is 4.46. The summed E-state index contributed by atoms with van der Waals surface area (Å²) in [4.78, 5) is 17.0. The molecule has 0 saturated heterocycles. The van der Waals surface area contributed by atoms with Crippen molar-refractivity contribution in [2.75, 3.05) is 6.61 Å². The molecule has 2 aliphatic rings. The minimum absolute atomic E-state index is 0.00719. The van der Waals surface area contributed by atoms with E-state index in [2.05, 4.69) is 21.7 Å². The number of benzene rings is 1. The molecule has 1 amide bonds. The number of aryl methyl sites for hydroxylation is 1. The van der Waals surface area contributed by atoms with E-state index in [1.165, 1.54) is 25.7 Å². The molecular weight excluding hydrogens is 352 g/mol. The second kappa shape index (κ2) is 5.95. The molecule has 0 atom stereocenters. The van der Waals surface area contributed by atoms with Crippen LogP contribution in [-0.4, -0.2) is 23.5 Å². The van der Waals surface area contributed by atoms with Gasteiger partial charge >= 0.3 is 0 Å². The van der Waals surface area contributed by atoms with Gasteiger partial charge in [-0.15, -0.1) is 22.7 Å². The van der Waals surface area contributed by atoms with E-state index in [9.17, 15) is 4.79 Å². The Hall–Kier alpha value is -1.66. The predicted molar refractivity (Wildman–Crippen MR) is 103 cm³/mol. The van der Waals surface area contributed by atoms with Gasteiger partial charge in [-0.25, -0.2) is 4.98 Å². The summed E-state index contributed by atoms with van der Waals surface area (Å²) in [5.41, 5.74) is 1.05. The lowest BCUT2D eigenvalue weighted by atomic mass is 10.1. The van der Waals surface area contributed by atoms with E-state index in [-0.39, 0.29) is 12.5 Å². The zero-order chi connectivity index (χ0) is 17.0. The van der Waals surface area contributed by atoms with Crippen LogP contribution in [0.1, 0.15) is 30.7 Å². The molecule has 2 saturated carbocycles. The third kappa shape index (κ3) is 3.02. The highest BCUT2D eigenvalue weighted by molar-refractivity contribution is 7.21. The second-order valence-electron chi connectivity index (χ2n) is 7.17. The molecule has 4 nitrogen and oxygen atoms in total. The van der Waals surface area contributed by atoms with E-state index in [1.54, 1.807) is 22.7 Å². The van der Waals surface area contributed by atoms with Crippen LogP contribution >= 0.6 is 22.7 Å². The summed E-state index contributed by atoms with van der Waals surface area (Å²) in [7, 11) is 0. The van der Waals surface area contributed by atoms with Crippen LogP contribution in [0.4, 0.5) is 0 Å². The first-order valence-electron chi connectivity index (χ1n) is 8.88. The molecule has 1 aromatic carbocycles.